The lowest BCUT2D eigenvalue weighted by molar-refractivity contribution is -0.154. The molecule has 0 bridgehead atoms. The van der Waals surface area contributed by atoms with Crippen LogP contribution in [0.3, 0.4) is 0 Å². The number of nitrogens with one attached hydrogen (secondary N) is 1. The zero-order valence-corrected chi connectivity index (χ0v) is 19.1. The number of halogens is 3. The maximum atomic E-state index is 13.7. The van der Waals surface area contributed by atoms with E-state index in [0.29, 0.717) is 11.4 Å². The summed E-state index contributed by atoms with van der Waals surface area (Å²) in [6.45, 7) is 1.31. The number of rotatable bonds is 7. The van der Waals surface area contributed by atoms with Crippen LogP contribution in [0.2, 0.25) is 0 Å². The van der Waals surface area contributed by atoms with Crippen molar-refractivity contribution in [3.8, 4) is 23.0 Å². The van der Waals surface area contributed by atoms with Crippen LogP contribution in [0.4, 0.5) is 18.9 Å². The first-order chi connectivity index (χ1) is 17.1. The van der Waals surface area contributed by atoms with Gasteiger partial charge in [0.1, 0.15) is 22.8 Å². The number of hydrogen-bond acceptors (Lipinski definition) is 6. The molecule has 0 saturated heterocycles. The summed E-state index contributed by atoms with van der Waals surface area (Å²) in [5, 5.41) is 2.48. The maximum Gasteiger partial charge on any atom is 0.453 e. The van der Waals surface area contributed by atoms with Crippen LogP contribution in [-0.4, -0.2) is 19.6 Å². The van der Waals surface area contributed by atoms with Crippen molar-refractivity contribution in [2.24, 2.45) is 0 Å². The number of hydrogen-bond donors (Lipinski definition) is 1. The second-order valence-corrected chi connectivity index (χ2v) is 7.73. The van der Waals surface area contributed by atoms with Gasteiger partial charge in [-0.2, -0.15) is 13.2 Å². The summed E-state index contributed by atoms with van der Waals surface area (Å²) < 4.78 is 62.0. The Morgan fingerprint density at radius 1 is 0.972 bits per heavy atom. The van der Waals surface area contributed by atoms with E-state index in [-0.39, 0.29) is 22.5 Å². The predicted octanol–water partition coefficient (Wildman–Crippen LogP) is 5.94. The second-order valence-electron chi connectivity index (χ2n) is 7.73. The molecule has 3 aromatic carbocycles. The Labute approximate surface area is 203 Å². The van der Waals surface area contributed by atoms with Gasteiger partial charge in [0.15, 0.2) is 6.61 Å². The number of benzene rings is 3. The largest absolute Gasteiger partial charge is 0.497 e. The third-order valence-electron chi connectivity index (χ3n) is 5.03. The number of methoxy groups -OCH3 is 1. The van der Waals surface area contributed by atoms with Crippen molar-refractivity contribution in [2.45, 2.75) is 13.1 Å². The number of ether oxygens (including phenoxy) is 3. The average Bonchev–Trinajstić information content (AvgIpc) is 2.84. The minimum atomic E-state index is -5.00. The summed E-state index contributed by atoms with van der Waals surface area (Å²) in [4.78, 5) is 25.1. The Kier molecular flexibility index (Phi) is 6.86. The van der Waals surface area contributed by atoms with E-state index >= 15 is 0 Å². The molecule has 0 aliphatic carbocycles. The minimum Gasteiger partial charge on any atom is -0.497 e. The lowest BCUT2D eigenvalue weighted by Gasteiger charge is -2.14. The molecule has 1 aromatic heterocycles. The van der Waals surface area contributed by atoms with Gasteiger partial charge in [-0.3, -0.25) is 9.59 Å². The molecule has 0 saturated carbocycles. The second kappa shape index (κ2) is 10.0. The maximum absolute atomic E-state index is 13.7. The van der Waals surface area contributed by atoms with Crippen molar-refractivity contribution in [3.05, 3.63) is 88.3 Å². The number of fused-ring (bicyclic) bond motifs is 1. The van der Waals surface area contributed by atoms with Gasteiger partial charge < -0.3 is 23.9 Å². The molecule has 4 aromatic rings. The lowest BCUT2D eigenvalue weighted by Crippen LogP contribution is -2.20. The Balaban J connectivity index is 1.57. The third-order valence-corrected chi connectivity index (χ3v) is 5.03. The molecule has 0 radical (unpaired) electrons. The molecule has 0 unspecified atom stereocenters. The van der Waals surface area contributed by atoms with Crippen molar-refractivity contribution in [1.29, 1.82) is 0 Å². The summed E-state index contributed by atoms with van der Waals surface area (Å²) in [6.07, 6.45) is -5.00. The summed E-state index contributed by atoms with van der Waals surface area (Å²) in [6, 6.07) is 16.6. The van der Waals surface area contributed by atoms with Gasteiger partial charge in [0.25, 0.3) is 11.7 Å². The molecule has 186 valence electrons. The monoisotopic (exact) mass is 499 g/mol. The zero-order chi connectivity index (χ0) is 25.9. The van der Waals surface area contributed by atoms with Crippen molar-refractivity contribution >= 4 is 22.6 Å². The van der Waals surface area contributed by atoms with E-state index in [4.69, 9.17) is 18.6 Å². The molecule has 36 heavy (non-hydrogen) atoms. The molecule has 10 heteroatoms. The molecule has 0 atom stereocenters. The van der Waals surface area contributed by atoms with Gasteiger partial charge in [0, 0.05) is 11.8 Å². The van der Waals surface area contributed by atoms with Gasteiger partial charge in [-0.1, -0.05) is 12.1 Å². The topological polar surface area (TPSA) is 87.0 Å². The highest BCUT2D eigenvalue weighted by molar-refractivity contribution is 5.92. The fourth-order valence-electron chi connectivity index (χ4n) is 3.34. The molecule has 0 aliphatic heterocycles. The molecule has 0 spiro atoms. The normalized spacial score (nSPS) is 11.2. The molecule has 1 heterocycles. The van der Waals surface area contributed by atoms with Crippen LogP contribution in [0.15, 0.2) is 75.9 Å². The van der Waals surface area contributed by atoms with Gasteiger partial charge in [-0.05, 0) is 61.0 Å². The number of alkyl halides is 3. The van der Waals surface area contributed by atoms with Crippen LogP contribution in [0.1, 0.15) is 11.3 Å². The first-order valence-corrected chi connectivity index (χ1v) is 10.6. The Morgan fingerprint density at radius 3 is 2.36 bits per heavy atom. The van der Waals surface area contributed by atoms with Crippen molar-refractivity contribution in [3.63, 3.8) is 0 Å². The summed E-state index contributed by atoms with van der Waals surface area (Å²) in [5.74, 6) is -2.32. The van der Waals surface area contributed by atoms with Gasteiger partial charge in [0.2, 0.25) is 11.2 Å². The van der Waals surface area contributed by atoms with Gasteiger partial charge in [-0.25, -0.2) is 0 Å². The van der Waals surface area contributed by atoms with Crippen LogP contribution in [0.5, 0.6) is 23.0 Å². The van der Waals surface area contributed by atoms with Gasteiger partial charge >= 0.3 is 6.18 Å². The Bertz CT molecular complexity index is 1460. The quantitative estimate of drug-likeness (QED) is 0.339. The van der Waals surface area contributed by atoms with Crippen molar-refractivity contribution in [2.75, 3.05) is 19.0 Å². The van der Waals surface area contributed by atoms with Gasteiger partial charge in [-0.15, -0.1) is 0 Å². The molecule has 7 nitrogen and oxygen atoms in total. The van der Waals surface area contributed by atoms with Crippen LogP contribution in [0, 0.1) is 6.92 Å². The summed E-state index contributed by atoms with van der Waals surface area (Å²) in [7, 11) is 1.52. The Hall–Kier alpha value is -4.47. The zero-order valence-electron chi connectivity index (χ0n) is 19.1. The number of amides is 1. The number of anilines is 1. The highest BCUT2D eigenvalue weighted by atomic mass is 19.4. The molecule has 1 N–H and O–H groups in total. The third kappa shape index (κ3) is 5.60. The fourth-order valence-corrected chi connectivity index (χ4v) is 3.34. The fraction of sp³-hybridized carbons (Fsp3) is 0.154. The van der Waals surface area contributed by atoms with E-state index in [1.165, 1.54) is 31.4 Å². The molecule has 0 aliphatic rings. The first-order valence-electron chi connectivity index (χ1n) is 10.6. The molecule has 4 rings (SSSR count). The molecule has 0 fully saturated rings. The summed E-state index contributed by atoms with van der Waals surface area (Å²) in [5.41, 5.74) is -0.111. The van der Waals surface area contributed by atoms with Crippen molar-refractivity contribution in [1.82, 2.24) is 0 Å². The van der Waals surface area contributed by atoms with Crippen LogP contribution < -0.4 is 25.0 Å². The highest BCUT2D eigenvalue weighted by Gasteiger charge is 2.40. The Morgan fingerprint density at radius 2 is 1.69 bits per heavy atom. The number of carbonyl (C=O) groups is 1. The number of aryl methyl sites for hydroxylation is 1. The van der Waals surface area contributed by atoms with E-state index in [1.807, 2.05) is 0 Å². The van der Waals surface area contributed by atoms with Crippen LogP contribution in [0.25, 0.3) is 11.0 Å². The average molecular weight is 499 g/mol. The van der Waals surface area contributed by atoms with E-state index in [2.05, 4.69) is 5.32 Å². The number of carbonyl (C=O) groups excluding carboxylic acids is 1. The minimum absolute atomic E-state index is 0.0380. The van der Waals surface area contributed by atoms with E-state index in [0.717, 1.165) is 11.6 Å². The molecular formula is C26H20F3NO6. The smallest absolute Gasteiger partial charge is 0.453 e. The van der Waals surface area contributed by atoms with E-state index < -0.39 is 35.6 Å². The van der Waals surface area contributed by atoms with Crippen LogP contribution >= 0.6 is 0 Å². The SMILES string of the molecule is COc1ccc(NC(=O)COc2ccc3c(=O)c(Oc4cccc(C)c4)c(C(F)(F)F)oc3c2)cc1. The highest BCUT2D eigenvalue weighted by Crippen LogP contribution is 2.38. The lowest BCUT2D eigenvalue weighted by atomic mass is 10.2. The van der Waals surface area contributed by atoms with E-state index in [9.17, 15) is 22.8 Å². The molecular weight excluding hydrogens is 479 g/mol. The molecule has 1 amide bonds. The first kappa shape index (κ1) is 24.6. The van der Waals surface area contributed by atoms with Crippen molar-refractivity contribution < 1.29 is 36.6 Å². The van der Waals surface area contributed by atoms with Crippen LogP contribution in [-0.2, 0) is 11.0 Å². The predicted molar refractivity (Wildman–Crippen MR) is 126 cm³/mol. The van der Waals surface area contributed by atoms with Gasteiger partial charge in [0.05, 0.1) is 12.5 Å². The summed E-state index contributed by atoms with van der Waals surface area (Å²) >= 11 is 0. The van der Waals surface area contributed by atoms with E-state index in [1.54, 1.807) is 43.3 Å². The standard InChI is InChI=1S/C26H20F3NO6/c1-15-4-3-5-19(12-15)35-24-23(32)20-11-10-18(13-21(20)36-25(24)26(27,28)29)34-14-22(31)30-16-6-8-17(33-2)9-7-16/h3-13H,14H2,1-2H3,(H,30,31).